The number of carbonyl (C=O) groups is 1. The summed E-state index contributed by atoms with van der Waals surface area (Å²) in [5, 5.41) is 0. The maximum atomic E-state index is 13.0. The second-order valence-corrected chi connectivity index (χ2v) is 6.07. The monoisotopic (exact) mass is 361 g/mol. The predicted molar refractivity (Wildman–Crippen MR) is 82.6 cm³/mol. The van der Waals surface area contributed by atoms with E-state index in [0.717, 1.165) is 0 Å². The third-order valence-electron chi connectivity index (χ3n) is 2.72. The zero-order chi connectivity index (χ0) is 15.7. The summed E-state index contributed by atoms with van der Waals surface area (Å²) in [5.74, 6) is -0.267. The van der Waals surface area contributed by atoms with Crippen LogP contribution in [0, 0.1) is 5.82 Å². The Morgan fingerprint density at radius 3 is 2.57 bits per heavy atom. The van der Waals surface area contributed by atoms with Gasteiger partial charge in [0.15, 0.2) is 0 Å². The first kappa shape index (κ1) is 18.2. The van der Waals surface area contributed by atoms with E-state index in [2.05, 4.69) is 4.98 Å². The van der Waals surface area contributed by atoms with Crippen molar-refractivity contribution >= 4 is 28.9 Å². The van der Waals surface area contributed by atoms with Gasteiger partial charge in [-0.15, -0.1) is 11.3 Å². The minimum Gasteiger partial charge on any atom is -1.00 e. The number of halogens is 2. The molecule has 0 aliphatic heterocycles. The molecule has 3 rings (SSSR count). The number of rotatable bonds is 3. The van der Waals surface area contributed by atoms with Crippen molar-refractivity contribution in [2.24, 2.45) is 0 Å². The molecule has 0 saturated heterocycles. The standard InChI is InChI=1S/C15H9ClFNO3S.Na.H/c1-8(19)20-15-13(11-6-7-12(16)22-11)21-14(18-15)9-2-4-10(17)5-3-9;;/h2-7H,1H3;;/q;+1;-1. The summed E-state index contributed by atoms with van der Waals surface area (Å²) in [6.45, 7) is 1.28. The molecule has 0 aliphatic rings. The van der Waals surface area contributed by atoms with Crippen molar-refractivity contribution in [3.05, 3.63) is 46.6 Å². The molecule has 114 valence electrons. The average Bonchev–Trinajstić information content (AvgIpc) is 3.05. The van der Waals surface area contributed by atoms with Gasteiger partial charge in [0.05, 0.1) is 9.21 Å². The maximum Gasteiger partial charge on any atom is 1.00 e. The molecule has 0 fully saturated rings. The maximum absolute atomic E-state index is 13.0. The van der Waals surface area contributed by atoms with Crippen LogP contribution in [0.2, 0.25) is 4.34 Å². The van der Waals surface area contributed by atoms with Gasteiger partial charge in [0, 0.05) is 12.5 Å². The molecular weight excluding hydrogens is 352 g/mol. The first-order valence-corrected chi connectivity index (χ1v) is 7.43. The van der Waals surface area contributed by atoms with Crippen LogP contribution in [0.3, 0.4) is 0 Å². The summed E-state index contributed by atoms with van der Waals surface area (Å²) in [6.07, 6.45) is 0. The molecule has 2 heterocycles. The zero-order valence-electron chi connectivity index (χ0n) is 13.3. The largest absolute Gasteiger partial charge is 1.00 e. The summed E-state index contributed by atoms with van der Waals surface area (Å²) in [4.78, 5) is 16.1. The Bertz CT molecular complexity index is 838. The molecule has 0 spiro atoms. The molecule has 0 atom stereocenters. The van der Waals surface area contributed by atoms with Crippen molar-refractivity contribution in [3.8, 4) is 28.0 Å². The van der Waals surface area contributed by atoms with Crippen molar-refractivity contribution < 1.29 is 49.3 Å². The topological polar surface area (TPSA) is 52.3 Å². The van der Waals surface area contributed by atoms with E-state index < -0.39 is 5.97 Å². The Kier molecular flexibility index (Phi) is 6.00. The number of thiophene rings is 1. The SMILES string of the molecule is CC(=O)Oc1nc(-c2ccc(F)cc2)oc1-c1ccc(Cl)s1.[H-].[Na+]. The number of hydrogen-bond donors (Lipinski definition) is 0. The van der Waals surface area contributed by atoms with E-state index in [4.69, 9.17) is 20.8 Å². The zero-order valence-corrected chi connectivity index (χ0v) is 15.9. The van der Waals surface area contributed by atoms with Crippen molar-refractivity contribution in [1.29, 1.82) is 0 Å². The fourth-order valence-corrected chi connectivity index (χ4v) is 2.84. The Hall–Kier alpha value is -1.18. The first-order valence-electron chi connectivity index (χ1n) is 6.24. The van der Waals surface area contributed by atoms with Crippen LogP contribution in [-0.2, 0) is 4.79 Å². The molecule has 3 aromatic rings. The Labute approximate surface area is 164 Å². The van der Waals surface area contributed by atoms with E-state index in [1.54, 1.807) is 12.1 Å². The van der Waals surface area contributed by atoms with E-state index in [1.807, 2.05) is 0 Å². The summed E-state index contributed by atoms with van der Waals surface area (Å²) in [6, 6.07) is 9.11. The average molecular weight is 362 g/mol. The quantitative estimate of drug-likeness (QED) is 0.528. The molecule has 0 saturated carbocycles. The molecule has 2 aromatic heterocycles. The number of benzene rings is 1. The van der Waals surface area contributed by atoms with Gasteiger partial charge in [-0.2, -0.15) is 4.98 Å². The Morgan fingerprint density at radius 1 is 1.30 bits per heavy atom. The van der Waals surface area contributed by atoms with Crippen LogP contribution < -0.4 is 34.3 Å². The minimum absolute atomic E-state index is 0. The molecule has 8 heteroatoms. The summed E-state index contributed by atoms with van der Waals surface area (Å²) >= 11 is 7.19. The molecule has 23 heavy (non-hydrogen) atoms. The van der Waals surface area contributed by atoms with Crippen LogP contribution in [0.15, 0.2) is 40.8 Å². The van der Waals surface area contributed by atoms with E-state index >= 15 is 0 Å². The fourth-order valence-electron chi connectivity index (χ4n) is 1.82. The van der Waals surface area contributed by atoms with E-state index in [9.17, 15) is 9.18 Å². The Balaban J connectivity index is 0.00000144. The molecule has 0 amide bonds. The minimum atomic E-state index is -0.511. The van der Waals surface area contributed by atoms with Crippen LogP contribution >= 0.6 is 22.9 Å². The van der Waals surface area contributed by atoms with Crippen LogP contribution in [0.1, 0.15) is 8.35 Å². The van der Waals surface area contributed by atoms with Gasteiger partial charge in [-0.3, -0.25) is 4.79 Å². The molecule has 0 unspecified atom stereocenters. The van der Waals surface area contributed by atoms with Gasteiger partial charge < -0.3 is 10.6 Å². The molecule has 0 bridgehead atoms. The van der Waals surface area contributed by atoms with E-state index in [-0.39, 0.29) is 48.6 Å². The third-order valence-corrected chi connectivity index (χ3v) is 3.95. The van der Waals surface area contributed by atoms with Crippen molar-refractivity contribution in [2.45, 2.75) is 6.92 Å². The smallest absolute Gasteiger partial charge is 1.00 e. The summed E-state index contributed by atoms with van der Waals surface area (Å²) in [5.41, 5.74) is 0.573. The van der Waals surface area contributed by atoms with Crippen molar-refractivity contribution in [2.75, 3.05) is 0 Å². The number of esters is 1. The Morgan fingerprint density at radius 2 is 2.00 bits per heavy atom. The molecule has 0 aliphatic carbocycles. The second-order valence-electron chi connectivity index (χ2n) is 4.36. The first-order chi connectivity index (χ1) is 10.5. The van der Waals surface area contributed by atoms with Crippen LogP contribution in [0.4, 0.5) is 4.39 Å². The number of hydrogen-bond acceptors (Lipinski definition) is 5. The number of ether oxygens (including phenoxy) is 1. The normalized spacial score (nSPS) is 10.2. The van der Waals surface area contributed by atoms with Gasteiger partial charge in [-0.05, 0) is 36.4 Å². The molecule has 1 aromatic carbocycles. The number of carbonyl (C=O) groups excluding carboxylic acids is 1. The van der Waals surface area contributed by atoms with Crippen LogP contribution in [0.5, 0.6) is 5.88 Å². The van der Waals surface area contributed by atoms with Gasteiger partial charge in [0.25, 0.3) is 5.88 Å². The fraction of sp³-hybridized carbons (Fsp3) is 0.0667. The molecule has 4 nitrogen and oxygen atoms in total. The van der Waals surface area contributed by atoms with Gasteiger partial charge in [-0.25, -0.2) is 4.39 Å². The van der Waals surface area contributed by atoms with Crippen LogP contribution in [0.25, 0.3) is 22.1 Å². The van der Waals surface area contributed by atoms with E-state index in [1.165, 1.54) is 42.5 Å². The van der Waals surface area contributed by atoms with Gasteiger partial charge in [-0.1, -0.05) is 11.6 Å². The van der Waals surface area contributed by atoms with Gasteiger partial charge in [0.1, 0.15) is 5.82 Å². The molecule has 0 radical (unpaired) electrons. The number of nitrogens with zero attached hydrogens (tertiary/aromatic N) is 1. The summed E-state index contributed by atoms with van der Waals surface area (Å²) in [7, 11) is 0. The van der Waals surface area contributed by atoms with Crippen molar-refractivity contribution in [1.82, 2.24) is 4.98 Å². The molecule has 0 N–H and O–H groups in total. The van der Waals surface area contributed by atoms with Gasteiger partial charge in [0.2, 0.25) is 11.7 Å². The van der Waals surface area contributed by atoms with Crippen molar-refractivity contribution in [3.63, 3.8) is 0 Å². The molecular formula is C15H10ClFNNaO3S. The van der Waals surface area contributed by atoms with Crippen LogP contribution in [-0.4, -0.2) is 11.0 Å². The number of oxazole rings is 1. The third kappa shape index (κ3) is 4.22. The second kappa shape index (κ2) is 7.59. The van der Waals surface area contributed by atoms with Gasteiger partial charge >= 0.3 is 35.5 Å². The number of aromatic nitrogens is 1. The summed E-state index contributed by atoms with van der Waals surface area (Å²) < 4.78 is 24.3. The predicted octanol–water partition coefficient (Wildman–Crippen LogP) is 1.90. The van der Waals surface area contributed by atoms with E-state index in [0.29, 0.717) is 20.5 Å².